The van der Waals surface area contributed by atoms with Crippen molar-refractivity contribution < 1.29 is 4.79 Å². The number of carbonyl (C=O) groups is 1. The lowest BCUT2D eigenvalue weighted by Gasteiger charge is -1.93. The molecule has 0 amide bonds. The Balaban J connectivity index is 2.67. The number of carbonyl (C=O) groups excluding carboxylic acids is 1. The molecule has 0 aliphatic rings. The number of nitrogens with zero attached hydrogens (tertiary/aromatic N) is 1. The van der Waals surface area contributed by atoms with Crippen molar-refractivity contribution in [3.05, 3.63) is 28.8 Å². The molecule has 0 aliphatic heterocycles. The summed E-state index contributed by atoms with van der Waals surface area (Å²) in [5.74, 6) is 0.0903. The summed E-state index contributed by atoms with van der Waals surface area (Å²) in [6, 6.07) is 5.65. The first-order valence-corrected chi connectivity index (χ1v) is 4.86. The van der Waals surface area contributed by atoms with Gasteiger partial charge in [-0.25, -0.2) is 4.98 Å². The van der Waals surface area contributed by atoms with E-state index in [1.807, 2.05) is 25.1 Å². The summed E-state index contributed by atoms with van der Waals surface area (Å²) in [4.78, 5) is 15.4. The molecule has 2 aromatic rings. The standard InChI is InChI=1S/C10H9NOS/c1-6(12)8-3-4-10-9(5-8)11-7(2)13-10/h3-5H,1-2H3. The van der Waals surface area contributed by atoms with E-state index in [9.17, 15) is 4.79 Å². The maximum absolute atomic E-state index is 11.1. The smallest absolute Gasteiger partial charge is 0.159 e. The summed E-state index contributed by atoms with van der Waals surface area (Å²) in [6.07, 6.45) is 0. The Morgan fingerprint density at radius 1 is 1.46 bits per heavy atom. The SMILES string of the molecule is CC(=O)c1ccc2sc(C)nc2c1. The maximum atomic E-state index is 11.1. The molecule has 2 rings (SSSR count). The minimum Gasteiger partial charge on any atom is -0.295 e. The minimum atomic E-state index is 0.0903. The van der Waals surface area contributed by atoms with Crippen molar-refractivity contribution in [3.63, 3.8) is 0 Å². The van der Waals surface area contributed by atoms with Crippen molar-refractivity contribution >= 4 is 27.3 Å². The molecule has 0 saturated heterocycles. The first kappa shape index (κ1) is 8.38. The lowest BCUT2D eigenvalue weighted by atomic mass is 10.1. The summed E-state index contributed by atoms with van der Waals surface area (Å²) in [6.45, 7) is 3.54. The van der Waals surface area contributed by atoms with Crippen LogP contribution in [-0.2, 0) is 0 Å². The van der Waals surface area contributed by atoms with E-state index in [2.05, 4.69) is 4.98 Å². The highest BCUT2D eigenvalue weighted by molar-refractivity contribution is 7.18. The highest BCUT2D eigenvalue weighted by Gasteiger charge is 2.03. The summed E-state index contributed by atoms with van der Waals surface area (Å²) in [5.41, 5.74) is 1.66. The average molecular weight is 191 g/mol. The second-order valence-electron chi connectivity index (χ2n) is 2.97. The van der Waals surface area contributed by atoms with Crippen LogP contribution in [0.4, 0.5) is 0 Å². The van der Waals surface area contributed by atoms with Crippen LogP contribution in [-0.4, -0.2) is 10.8 Å². The molecule has 1 heterocycles. The van der Waals surface area contributed by atoms with Crippen LogP contribution in [0.15, 0.2) is 18.2 Å². The van der Waals surface area contributed by atoms with Crippen molar-refractivity contribution in [3.8, 4) is 0 Å². The zero-order chi connectivity index (χ0) is 9.42. The topological polar surface area (TPSA) is 30.0 Å². The van der Waals surface area contributed by atoms with E-state index in [0.29, 0.717) is 0 Å². The van der Waals surface area contributed by atoms with E-state index in [4.69, 9.17) is 0 Å². The van der Waals surface area contributed by atoms with Gasteiger partial charge in [-0.2, -0.15) is 0 Å². The molecule has 1 aromatic carbocycles. The van der Waals surface area contributed by atoms with Crippen LogP contribution in [0.25, 0.3) is 10.2 Å². The lowest BCUT2D eigenvalue weighted by Crippen LogP contribution is -1.90. The Kier molecular flexibility index (Phi) is 1.88. The van der Waals surface area contributed by atoms with E-state index in [1.165, 1.54) is 0 Å². The lowest BCUT2D eigenvalue weighted by molar-refractivity contribution is 0.101. The van der Waals surface area contributed by atoms with Crippen LogP contribution in [0.2, 0.25) is 0 Å². The Morgan fingerprint density at radius 3 is 2.92 bits per heavy atom. The van der Waals surface area contributed by atoms with Crippen LogP contribution < -0.4 is 0 Å². The first-order chi connectivity index (χ1) is 6.16. The normalized spacial score (nSPS) is 10.6. The number of hydrogen-bond donors (Lipinski definition) is 0. The fraction of sp³-hybridized carbons (Fsp3) is 0.200. The first-order valence-electron chi connectivity index (χ1n) is 4.05. The number of thiazole rings is 1. The summed E-state index contributed by atoms with van der Waals surface area (Å²) in [7, 11) is 0. The van der Waals surface area contributed by atoms with Gasteiger partial charge in [0.15, 0.2) is 5.78 Å². The van der Waals surface area contributed by atoms with E-state index >= 15 is 0 Å². The Bertz CT molecular complexity index is 473. The molecule has 2 nitrogen and oxygen atoms in total. The van der Waals surface area contributed by atoms with Gasteiger partial charge in [0.1, 0.15) is 0 Å². The van der Waals surface area contributed by atoms with Crippen LogP contribution in [0.1, 0.15) is 22.3 Å². The molecule has 0 atom stereocenters. The molecular formula is C10H9NOS. The molecular weight excluding hydrogens is 182 g/mol. The average Bonchev–Trinajstić information content (AvgIpc) is 2.42. The van der Waals surface area contributed by atoms with Gasteiger partial charge in [-0.3, -0.25) is 4.79 Å². The third-order valence-corrected chi connectivity index (χ3v) is 2.85. The number of benzene rings is 1. The van der Waals surface area contributed by atoms with Gasteiger partial charge in [0.25, 0.3) is 0 Å². The van der Waals surface area contributed by atoms with Crippen molar-refractivity contribution in [2.24, 2.45) is 0 Å². The molecule has 0 radical (unpaired) electrons. The van der Waals surface area contributed by atoms with Crippen molar-refractivity contribution in [2.45, 2.75) is 13.8 Å². The monoisotopic (exact) mass is 191 g/mol. The fourth-order valence-electron chi connectivity index (χ4n) is 1.26. The van der Waals surface area contributed by atoms with E-state index in [0.717, 1.165) is 20.8 Å². The van der Waals surface area contributed by atoms with Gasteiger partial charge >= 0.3 is 0 Å². The van der Waals surface area contributed by atoms with E-state index in [-0.39, 0.29) is 5.78 Å². The van der Waals surface area contributed by atoms with Crippen LogP contribution in [0.5, 0.6) is 0 Å². The van der Waals surface area contributed by atoms with Gasteiger partial charge < -0.3 is 0 Å². The summed E-state index contributed by atoms with van der Waals surface area (Å²) in [5, 5.41) is 1.04. The second kappa shape index (κ2) is 2.92. The van der Waals surface area contributed by atoms with Gasteiger partial charge in [-0.15, -0.1) is 11.3 Å². The highest BCUT2D eigenvalue weighted by Crippen LogP contribution is 2.22. The minimum absolute atomic E-state index is 0.0903. The van der Waals surface area contributed by atoms with Gasteiger partial charge in [-0.1, -0.05) is 0 Å². The second-order valence-corrected chi connectivity index (χ2v) is 4.21. The van der Waals surface area contributed by atoms with Crippen LogP contribution in [0, 0.1) is 6.92 Å². The summed E-state index contributed by atoms with van der Waals surface area (Å²) < 4.78 is 1.14. The predicted octanol–water partition coefficient (Wildman–Crippen LogP) is 2.81. The van der Waals surface area contributed by atoms with Crippen LogP contribution >= 0.6 is 11.3 Å². The highest BCUT2D eigenvalue weighted by atomic mass is 32.1. The molecule has 3 heteroatoms. The third-order valence-electron chi connectivity index (χ3n) is 1.90. The largest absolute Gasteiger partial charge is 0.295 e. The van der Waals surface area contributed by atoms with E-state index < -0.39 is 0 Å². The number of hydrogen-bond acceptors (Lipinski definition) is 3. The number of aromatic nitrogens is 1. The Morgan fingerprint density at radius 2 is 2.23 bits per heavy atom. The zero-order valence-corrected chi connectivity index (χ0v) is 8.31. The number of Topliss-reactive ketones (excluding diaryl/α,β-unsaturated/α-hetero) is 1. The number of ketones is 1. The van der Waals surface area contributed by atoms with Gasteiger partial charge in [0.2, 0.25) is 0 Å². The van der Waals surface area contributed by atoms with Crippen molar-refractivity contribution in [1.82, 2.24) is 4.98 Å². The molecule has 0 unspecified atom stereocenters. The predicted molar refractivity (Wildman–Crippen MR) is 54.4 cm³/mol. The molecule has 0 saturated carbocycles. The molecule has 0 bridgehead atoms. The maximum Gasteiger partial charge on any atom is 0.159 e. The van der Waals surface area contributed by atoms with Crippen molar-refractivity contribution in [2.75, 3.05) is 0 Å². The molecule has 13 heavy (non-hydrogen) atoms. The molecule has 1 aromatic heterocycles. The zero-order valence-electron chi connectivity index (χ0n) is 7.50. The molecule has 66 valence electrons. The molecule has 0 aliphatic carbocycles. The van der Waals surface area contributed by atoms with Gasteiger partial charge in [0, 0.05) is 5.56 Å². The van der Waals surface area contributed by atoms with E-state index in [1.54, 1.807) is 18.3 Å². The van der Waals surface area contributed by atoms with Crippen molar-refractivity contribution in [1.29, 1.82) is 0 Å². The Hall–Kier alpha value is -1.22. The fourth-order valence-corrected chi connectivity index (χ4v) is 2.07. The number of fused-ring (bicyclic) bond motifs is 1. The Labute approximate surface area is 80.2 Å². The quantitative estimate of drug-likeness (QED) is 0.649. The van der Waals surface area contributed by atoms with Gasteiger partial charge in [-0.05, 0) is 32.0 Å². The summed E-state index contributed by atoms with van der Waals surface area (Å²) >= 11 is 1.65. The number of rotatable bonds is 1. The molecule has 0 spiro atoms. The van der Waals surface area contributed by atoms with Gasteiger partial charge in [0.05, 0.1) is 15.2 Å². The molecule has 0 fully saturated rings. The van der Waals surface area contributed by atoms with Crippen LogP contribution in [0.3, 0.4) is 0 Å². The third kappa shape index (κ3) is 1.47. The molecule has 0 N–H and O–H groups in total. The number of aryl methyl sites for hydroxylation is 1.